The average Bonchev–Trinajstić information content (AvgIpc) is 2.84. The number of rotatable bonds is 6. The minimum Gasteiger partial charge on any atom is -0.508 e. The van der Waals surface area contributed by atoms with Crippen LogP contribution in [0.4, 0.5) is 0 Å². The highest BCUT2D eigenvalue weighted by Gasteiger charge is 2.31. The van der Waals surface area contributed by atoms with E-state index in [1.807, 2.05) is 48.5 Å². The lowest BCUT2D eigenvalue weighted by molar-refractivity contribution is 0.413. The van der Waals surface area contributed by atoms with Crippen molar-refractivity contribution in [2.75, 3.05) is 14.2 Å². The molecule has 0 bridgehead atoms. The second kappa shape index (κ2) is 8.91. The summed E-state index contributed by atoms with van der Waals surface area (Å²) in [5, 5.41) is 19.6. The van der Waals surface area contributed by atoms with Gasteiger partial charge in [-0.1, -0.05) is 62.4 Å². The first kappa shape index (κ1) is 22.3. The first-order chi connectivity index (χ1) is 15.9. The summed E-state index contributed by atoms with van der Waals surface area (Å²) in [5.41, 5.74) is 5.60. The van der Waals surface area contributed by atoms with Gasteiger partial charge in [-0.15, -0.1) is 0 Å². The van der Waals surface area contributed by atoms with E-state index in [4.69, 9.17) is 9.47 Å². The highest BCUT2D eigenvalue weighted by atomic mass is 16.5. The van der Waals surface area contributed by atoms with Gasteiger partial charge in [-0.3, -0.25) is 0 Å². The Hall–Kier alpha value is -3.92. The predicted octanol–water partition coefficient (Wildman–Crippen LogP) is 6.77. The average molecular weight is 441 g/mol. The van der Waals surface area contributed by atoms with Gasteiger partial charge in [0.05, 0.1) is 14.2 Å². The third kappa shape index (κ3) is 4.12. The molecule has 0 aliphatic rings. The van der Waals surface area contributed by atoms with Gasteiger partial charge in [0.2, 0.25) is 0 Å². The zero-order chi connectivity index (χ0) is 23.6. The highest BCUT2D eigenvalue weighted by molar-refractivity contribution is 5.80. The Bertz CT molecular complexity index is 1160. The maximum absolute atomic E-state index is 9.81. The van der Waals surface area contributed by atoms with E-state index in [1.54, 1.807) is 38.5 Å². The molecule has 0 radical (unpaired) electrons. The number of phenols is 2. The van der Waals surface area contributed by atoms with Crippen LogP contribution in [-0.4, -0.2) is 24.4 Å². The van der Waals surface area contributed by atoms with E-state index in [-0.39, 0.29) is 11.5 Å². The number of methoxy groups -OCH3 is 2. The van der Waals surface area contributed by atoms with Gasteiger partial charge in [-0.2, -0.15) is 0 Å². The van der Waals surface area contributed by atoms with Crippen LogP contribution in [0.5, 0.6) is 23.0 Å². The van der Waals surface area contributed by atoms with Crippen LogP contribution >= 0.6 is 0 Å². The smallest absolute Gasteiger partial charge is 0.126 e. The van der Waals surface area contributed by atoms with Crippen LogP contribution in [0.25, 0.3) is 22.3 Å². The fourth-order valence-corrected chi connectivity index (χ4v) is 4.44. The van der Waals surface area contributed by atoms with Gasteiger partial charge in [-0.05, 0) is 58.7 Å². The molecule has 4 nitrogen and oxygen atoms in total. The zero-order valence-corrected chi connectivity index (χ0v) is 19.3. The molecular formula is C29H28O4. The van der Waals surface area contributed by atoms with E-state index in [2.05, 4.69) is 26.0 Å². The molecule has 2 N–H and O–H groups in total. The van der Waals surface area contributed by atoms with Crippen molar-refractivity contribution in [3.63, 3.8) is 0 Å². The van der Waals surface area contributed by atoms with Crippen LogP contribution in [-0.2, 0) is 5.41 Å². The molecule has 4 heteroatoms. The minimum absolute atomic E-state index is 0.219. The second-order valence-electron chi connectivity index (χ2n) is 8.48. The summed E-state index contributed by atoms with van der Waals surface area (Å²) in [6.07, 6.45) is 0. The molecule has 0 aliphatic carbocycles. The molecule has 0 fully saturated rings. The molecule has 0 heterocycles. The van der Waals surface area contributed by atoms with Crippen molar-refractivity contribution in [2.45, 2.75) is 19.3 Å². The lowest BCUT2D eigenvalue weighted by atomic mass is 9.72. The third-order valence-corrected chi connectivity index (χ3v) is 6.15. The number of ether oxygens (including phenoxy) is 2. The third-order valence-electron chi connectivity index (χ3n) is 6.15. The summed E-state index contributed by atoms with van der Waals surface area (Å²) >= 11 is 0. The Balaban J connectivity index is 1.99. The quantitative estimate of drug-likeness (QED) is 0.347. The first-order valence-electron chi connectivity index (χ1n) is 10.8. The zero-order valence-electron chi connectivity index (χ0n) is 19.3. The number of phenolic OH excluding ortho intramolecular Hbond substituents is 2. The molecule has 4 rings (SSSR count). The Kier molecular flexibility index (Phi) is 6.01. The van der Waals surface area contributed by atoms with Crippen molar-refractivity contribution < 1.29 is 19.7 Å². The molecule has 0 atom stereocenters. The first-order valence-corrected chi connectivity index (χ1v) is 10.8. The van der Waals surface area contributed by atoms with Crippen molar-refractivity contribution in [3.8, 4) is 45.3 Å². The van der Waals surface area contributed by atoms with Gasteiger partial charge in [0, 0.05) is 16.5 Å². The summed E-state index contributed by atoms with van der Waals surface area (Å²) in [7, 11) is 3.34. The lowest BCUT2D eigenvalue weighted by Crippen LogP contribution is -2.22. The topological polar surface area (TPSA) is 58.9 Å². The molecule has 4 aromatic carbocycles. The molecule has 0 unspecified atom stereocenters. The summed E-state index contributed by atoms with van der Waals surface area (Å²) in [6, 6.07) is 26.5. The number of hydrogen-bond donors (Lipinski definition) is 2. The molecule has 0 aliphatic heterocycles. The van der Waals surface area contributed by atoms with E-state index in [0.29, 0.717) is 0 Å². The maximum Gasteiger partial charge on any atom is 0.126 e. The Labute approximate surface area is 194 Å². The molecular weight excluding hydrogens is 412 g/mol. The van der Waals surface area contributed by atoms with Gasteiger partial charge in [0.15, 0.2) is 0 Å². The minimum atomic E-state index is -0.441. The van der Waals surface area contributed by atoms with Gasteiger partial charge in [0.1, 0.15) is 23.0 Å². The molecule has 0 saturated heterocycles. The van der Waals surface area contributed by atoms with Crippen LogP contribution in [0.2, 0.25) is 0 Å². The van der Waals surface area contributed by atoms with Gasteiger partial charge < -0.3 is 19.7 Å². The fourth-order valence-electron chi connectivity index (χ4n) is 4.44. The SMILES string of the molecule is COc1cccc(C(C)(C)c2cccc(OC)c2-c2ccc(O)cc2)c1-c1ccc(O)cc1. The standard InChI is InChI=1S/C29H28O4/c1-29(2,23-7-5-9-25(32-3)27(23)19-11-15-21(30)16-12-19)24-8-6-10-26(33-4)28(24)20-13-17-22(31)18-14-20/h5-18,30-31H,1-4H3. The van der Waals surface area contributed by atoms with Crippen molar-refractivity contribution in [1.82, 2.24) is 0 Å². The molecule has 33 heavy (non-hydrogen) atoms. The molecule has 168 valence electrons. The summed E-state index contributed by atoms with van der Waals surface area (Å²) < 4.78 is 11.5. The van der Waals surface area contributed by atoms with Crippen LogP contribution in [0.1, 0.15) is 25.0 Å². The molecule has 0 saturated carbocycles. The Morgan fingerprint density at radius 1 is 0.545 bits per heavy atom. The van der Waals surface area contributed by atoms with E-state index in [1.165, 1.54) is 0 Å². The van der Waals surface area contributed by atoms with Crippen LogP contribution < -0.4 is 9.47 Å². The van der Waals surface area contributed by atoms with E-state index >= 15 is 0 Å². The normalized spacial score (nSPS) is 11.3. The molecule has 4 aromatic rings. The number of benzene rings is 4. The summed E-state index contributed by atoms with van der Waals surface area (Å²) in [6.45, 7) is 4.37. The fraction of sp³-hybridized carbons (Fsp3) is 0.172. The van der Waals surface area contributed by atoms with Gasteiger partial charge in [-0.25, -0.2) is 0 Å². The van der Waals surface area contributed by atoms with Crippen LogP contribution in [0.15, 0.2) is 84.9 Å². The van der Waals surface area contributed by atoms with Gasteiger partial charge >= 0.3 is 0 Å². The van der Waals surface area contributed by atoms with Crippen molar-refractivity contribution >= 4 is 0 Å². The van der Waals surface area contributed by atoms with E-state index in [9.17, 15) is 10.2 Å². The van der Waals surface area contributed by atoms with E-state index < -0.39 is 5.41 Å². The Morgan fingerprint density at radius 2 is 0.909 bits per heavy atom. The predicted molar refractivity (Wildman–Crippen MR) is 132 cm³/mol. The van der Waals surface area contributed by atoms with Gasteiger partial charge in [0.25, 0.3) is 0 Å². The second-order valence-corrected chi connectivity index (χ2v) is 8.48. The molecule has 0 spiro atoms. The largest absolute Gasteiger partial charge is 0.508 e. The van der Waals surface area contributed by atoms with Crippen molar-refractivity contribution in [2.24, 2.45) is 0 Å². The maximum atomic E-state index is 9.81. The highest BCUT2D eigenvalue weighted by Crippen LogP contribution is 2.47. The molecule has 0 amide bonds. The lowest BCUT2D eigenvalue weighted by Gasteiger charge is -2.32. The number of hydrogen-bond acceptors (Lipinski definition) is 4. The van der Waals surface area contributed by atoms with Crippen LogP contribution in [0.3, 0.4) is 0 Å². The van der Waals surface area contributed by atoms with Crippen molar-refractivity contribution in [3.05, 3.63) is 96.1 Å². The summed E-state index contributed by atoms with van der Waals surface area (Å²) in [4.78, 5) is 0. The Morgan fingerprint density at radius 3 is 1.24 bits per heavy atom. The van der Waals surface area contributed by atoms with E-state index in [0.717, 1.165) is 44.9 Å². The summed E-state index contributed by atoms with van der Waals surface area (Å²) in [5.74, 6) is 1.97. The van der Waals surface area contributed by atoms with Crippen molar-refractivity contribution in [1.29, 1.82) is 0 Å². The van der Waals surface area contributed by atoms with Crippen LogP contribution in [0, 0.1) is 0 Å². The monoisotopic (exact) mass is 440 g/mol. The molecule has 0 aromatic heterocycles. The number of aromatic hydroxyl groups is 2.